The van der Waals surface area contributed by atoms with Gasteiger partial charge in [0.1, 0.15) is 11.5 Å². The van der Waals surface area contributed by atoms with Crippen molar-refractivity contribution in [2.45, 2.75) is 58.5 Å². The molecule has 1 aliphatic heterocycles. The van der Waals surface area contributed by atoms with Crippen molar-refractivity contribution in [1.29, 1.82) is 0 Å². The molecule has 2 aliphatic rings. The Kier molecular flexibility index (Phi) is 4.36. The van der Waals surface area contributed by atoms with Crippen molar-refractivity contribution in [1.82, 2.24) is 24.2 Å². The molecular formula is C19H27N5O. The summed E-state index contributed by atoms with van der Waals surface area (Å²) < 4.78 is 4.20. The SMILES string of the molecule is CCn1ccc(C(=O)N2CCCC(Cn3c(C)cnc3C3CC3)C2)n1. The molecule has 2 aromatic rings. The quantitative estimate of drug-likeness (QED) is 0.840. The van der Waals surface area contributed by atoms with E-state index in [1.807, 2.05) is 35.0 Å². The van der Waals surface area contributed by atoms with Crippen LogP contribution in [0.5, 0.6) is 0 Å². The van der Waals surface area contributed by atoms with Crippen molar-refractivity contribution < 1.29 is 4.79 Å². The minimum atomic E-state index is 0.0710. The fourth-order valence-corrected chi connectivity index (χ4v) is 3.86. The third kappa shape index (κ3) is 3.34. The molecule has 0 N–H and O–H groups in total. The molecule has 1 atom stereocenters. The zero-order valence-electron chi connectivity index (χ0n) is 15.2. The predicted octanol–water partition coefficient (Wildman–Crippen LogP) is 2.84. The molecule has 1 amide bonds. The summed E-state index contributed by atoms with van der Waals surface area (Å²) in [7, 11) is 0. The van der Waals surface area contributed by atoms with E-state index in [0.717, 1.165) is 32.6 Å². The summed E-state index contributed by atoms with van der Waals surface area (Å²) in [5, 5.41) is 4.37. The minimum absolute atomic E-state index is 0.0710. The zero-order chi connectivity index (χ0) is 17.4. The smallest absolute Gasteiger partial charge is 0.274 e. The van der Waals surface area contributed by atoms with Crippen molar-refractivity contribution in [2.24, 2.45) is 5.92 Å². The van der Waals surface area contributed by atoms with E-state index in [2.05, 4.69) is 21.6 Å². The molecule has 1 saturated heterocycles. The van der Waals surface area contributed by atoms with Crippen LogP contribution in [0.25, 0.3) is 0 Å². The number of hydrogen-bond donors (Lipinski definition) is 0. The first kappa shape index (κ1) is 16.4. The average Bonchev–Trinajstić information content (AvgIpc) is 3.25. The van der Waals surface area contributed by atoms with Gasteiger partial charge in [-0.2, -0.15) is 5.10 Å². The third-order valence-corrected chi connectivity index (χ3v) is 5.46. The van der Waals surface area contributed by atoms with Crippen LogP contribution in [0.15, 0.2) is 18.5 Å². The van der Waals surface area contributed by atoms with Crippen LogP contribution in [0.3, 0.4) is 0 Å². The van der Waals surface area contributed by atoms with Gasteiger partial charge >= 0.3 is 0 Å². The molecule has 6 nitrogen and oxygen atoms in total. The van der Waals surface area contributed by atoms with E-state index in [1.165, 1.54) is 30.8 Å². The number of carbonyl (C=O) groups excluding carboxylic acids is 1. The van der Waals surface area contributed by atoms with E-state index >= 15 is 0 Å². The summed E-state index contributed by atoms with van der Waals surface area (Å²) in [6.07, 6.45) is 8.66. The molecule has 134 valence electrons. The van der Waals surface area contributed by atoms with Gasteiger partial charge < -0.3 is 9.47 Å². The number of nitrogens with zero attached hydrogens (tertiary/aromatic N) is 5. The van der Waals surface area contributed by atoms with Gasteiger partial charge in [-0.1, -0.05) is 0 Å². The highest BCUT2D eigenvalue weighted by Gasteiger charge is 2.31. The van der Waals surface area contributed by atoms with Crippen molar-refractivity contribution in [3.05, 3.63) is 35.7 Å². The second kappa shape index (κ2) is 6.65. The van der Waals surface area contributed by atoms with Crippen LogP contribution in [-0.2, 0) is 13.1 Å². The van der Waals surface area contributed by atoms with E-state index in [-0.39, 0.29) is 5.91 Å². The fourth-order valence-electron chi connectivity index (χ4n) is 3.86. The molecule has 25 heavy (non-hydrogen) atoms. The zero-order valence-corrected chi connectivity index (χ0v) is 15.2. The van der Waals surface area contributed by atoms with Crippen LogP contribution in [0.1, 0.15) is 60.5 Å². The number of carbonyl (C=O) groups is 1. The Morgan fingerprint density at radius 2 is 2.16 bits per heavy atom. The summed E-state index contributed by atoms with van der Waals surface area (Å²) in [6.45, 7) is 7.60. The van der Waals surface area contributed by atoms with E-state index in [0.29, 0.717) is 17.5 Å². The highest BCUT2D eigenvalue weighted by Crippen LogP contribution is 2.40. The van der Waals surface area contributed by atoms with E-state index in [9.17, 15) is 4.79 Å². The lowest BCUT2D eigenvalue weighted by Gasteiger charge is -2.33. The number of amides is 1. The maximum atomic E-state index is 12.8. The van der Waals surface area contributed by atoms with E-state index < -0.39 is 0 Å². The maximum Gasteiger partial charge on any atom is 0.274 e. The Morgan fingerprint density at radius 3 is 2.88 bits per heavy atom. The summed E-state index contributed by atoms with van der Waals surface area (Å²) in [5.74, 6) is 2.48. The number of hydrogen-bond acceptors (Lipinski definition) is 3. The molecule has 0 spiro atoms. The van der Waals surface area contributed by atoms with Crippen LogP contribution in [0, 0.1) is 12.8 Å². The molecule has 0 radical (unpaired) electrons. The number of imidazole rings is 1. The summed E-state index contributed by atoms with van der Waals surface area (Å²) in [4.78, 5) is 19.4. The summed E-state index contributed by atoms with van der Waals surface area (Å²) >= 11 is 0. The van der Waals surface area contributed by atoms with Gasteiger partial charge in [0.05, 0.1) is 0 Å². The lowest BCUT2D eigenvalue weighted by Crippen LogP contribution is -2.41. The maximum absolute atomic E-state index is 12.8. The van der Waals surface area contributed by atoms with Crippen LogP contribution >= 0.6 is 0 Å². The third-order valence-electron chi connectivity index (χ3n) is 5.46. The van der Waals surface area contributed by atoms with E-state index in [1.54, 1.807) is 0 Å². The van der Waals surface area contributed by atoms with Crippen molar-refractivity contribution in [2.75, 3.05) is 13.1 Å². The number of rotatable bonds is 5. The van der Waals surface area contributed by atoms with Gasteiger partial charge in [-0.05, 0) is 51.5 Å². The normalized spacial score (nSPS) is 20.9. The second-order valence-corrected chi connectivity index (χ2v) is 7.46. The molecule has 0 bridgehead atoms. The first-order valence-electron chi connectivity index (χ1n) is 9.50. The molecule has 2 fully saturated rings. The standard InChI is InChI=1S/C19H27N5O/c1-3-23-10-8-17(21-23)19(25)22-9-4-5-15(12-22)13-24-14(2)11-20-18(24)16-6-7-16/h8,10-11,15-16H,3-7,9,12-13H2,1-2H3. The summed E-state index contributed by atoms with van der Waals surface area (Å²) in [6, 6.07) is 1.83. The van der Waals surface area contributed by atoms with Crippen LogP contribution < -0.4 is 0 Å². The second-order valence-electron chi connectivity index (χ2n) is 7.46. The number of likely N-dealkylation sites (tertiary alicyclic amines) is 1. The molecule has 1 aliphatic carbocycles. The number of aryl methyl sites for hydroxylation is 2. The van der Waals surface area contributed by atoms with Gasteiger partial charge in [0.25, 0.3) is 5.91 Å². The van der Waals surface area contributed by atoms with Crippen molar-refractivity contribution in [3.8, 4) is 0 Å². The number of aromatic nitrogens is 4. The van der Waals surface area contributed by atoms with Crippen LogP contribution in [-0.4, -0.2) is 43.2 Å². The first-order valence-corrected chi connectivity index (χ1v) is 9.50. The molecule has 1 saturated carbocycles. The van der Waals surface area contributed by atoms with Gasteiger partial charge in [-0.25, -0.2) is 4.98 Å². The van der Waals surface area contributed by atoms with Gasteiger partial charge in [-0.15, -0.1) is 0 Å². The lowest BCUT2D eigenvalue weighted by molar-refractivity contribution is 0.0654. The molecular weight excluding hydrogens is 314 g/mol. The molecule has 2 aromatic heterocycles. The molecule has 6 heteroatoms. The fraction of sp³-hybridized carbons (Fsp3) is 0.632. The highest BCUT2D eigenvalue weighted by molar-refractivity contribution is 5.92. The Balaban J connectivity index is 1.44. The summed E-state index contributed by atoms with van der Waals surface area (Å²) in [5.41, 5.74) is 1.81. The number of piperidine rings is 1. The lowest BCUT2D eigenvalue weighted by atomic mass is 9.97. The Bertz CT molecular complexity index is 758. The van der Waals surface area contributed by atoms with Gasteiger partial charge in [0, 0.05) is 50.2 Å². The molecule has 4 rings (SSSR count). The van der Waals surface area contributed by atoms with Crippen LogP contribution in [0.2, 0.25) is 0 Å². The molecule has 1 unspecified atom stereocenters. The average molecular weight is 341 g/mol. The van der Waals surface area contributed by atoms with Gasteiger partial charge in [0.2, 0.25) is 0 Å². The first-order chi connectivity index (χ1) is 12.2. The van der Waals surface area contributed by atoms with Crippen molar-refractivity contribution >= 4 is 5.91 Å². The topological polar surface area (TPSA) is 56.0 Å². The minimum Gasteiger partial charge on any atom is -0.337 e. The van der Waals surface area contributed by atoms with E-state index in [4.69, 9.17) is 0 Å². The largest absolute Gasteiger partial charge is 0.337 e. The van der Waals surface area contributed by atoms with Gasteiger partial charge in [0.15, 0.2) is 0 Å². The van der Waals surface area contributed by atoms with Crippen LogP contribution in [0.4, 0.5) is 0 Å². The molecule has 3 heterocycles. The van der Waals surface area contributed by atoms with Crippen molar-refractivity contribution in [3.63, 3.8) is 0 Å². The Hall–Kier alpha value is -2.11. The van der Waals surface area contributed by atoms with Gasteiger partial charge in [-0.3, -0.25) is 9.48 Å². The predicted molar refractivity (Wildman–Crippen MR) is 95.5 cm³/mol. The monoisotopic (exact) mass is 341 g/mol. The highest BCUT2D eigenvalue weighted by atomic mass is 16.2. The Morgan fingerprint density at radius 1 is 1.32 bits per heavy atom. The molecule has 0 aromatic carbocycles. The Labute approximate surface area is 148 Å².